The molecule has 2 aromatic rings. The number of hydrogen-bond donors (Lipinski definition) is 1. The SMILES string of the molecule is CCCNC(c1cccc(C)c1)c1cc(C)c(F)cc1Cl. The van der Waals surface area contributed by atoms with Crippen LogP contribution in [-0.4, -0.2) is 6.54 Å². The van der Waals surface area contributed by atoms with Crippen LogP contribution in [0.2, 0.25) is 5.02 Å². The van der Waals surface area contributed by atoms with Crippen molar-refractivity contribution in [3.8, 4) is 0 Å². The van der Waals surface area contributed by atoms with Crippen LogP contribution in [0.5, 0.6) is 0 Å². The normalized spacial score (nSPS) is 12.4. The van der Waals surface area contributed by atoms with Crippen LogP contribution in [0.1, 0.15) is 41.6 Å². The van der Waals surface area contributed by atoms with Gasteiger partial charge >= 0.3 is 0 Å². The molecule has 112 valence electrons. The molecule has 1 N–H and O–H groups in total. The second kappa shape index (κ2) is 7.06. The topological polar surface area (TPSA) is 12.0 Å². The fourth-order valence-corrected chi connectivity index (χ4v) is 2.71. The molecule has 0 aliphatic rings. The number of aryl methyl sites for hydroxylation is 2. The third-order valence-corrected chi connectivity index (χ3v) is 3.89. The first-order valence-corrected chi connectivity index (χ1v) is 7.66. The Labute approximate surface area is 131 Å². The van der Waals surface area contributed by atoms with Crippen molar-refractivity contribution < 1.29 is 4.39 Å². The summed E-state index contributed by atoms with van der Waals surface area (Å²) in [5, 5.41) is 3.98. The highest BCUT2D eigenvalue weighted by Gasteiger charge is 2.18. The molecular formula is C18H21ClFN. The maximum Gasteiger partial charge on any atom is 0.127 e. The summed E-state index contributed by atoms with van der Waals surface area (Å²) < 4.78 is 13.6. The van der Waals surface area contributed by atoms with Gasteiger partial charge < -0.3 is 5.32 Å². The first-order chi connectivity index (χ1) is 10.0. The Morgan fingerprint density at radius 2 is 1.95 bits per heavy atom. The highest BCUT2D eigenvalue weighted by Crippen LogP contribution is 2.30. The van der Waals surface area contributed by atoms with E-state index in [1.54, 1.807) is 6.92 Å². The molecule has 2 aromatic carbocycles. The minimum absolute atomic E-state index is 0.0170. The van der Waals surface area contributed by atoms with Crippen molar-refractivity contribution >= 4 is 11.6 Å². The maximum absolute atomic E-state index is 13.6. The Morgan fingerprint density at radius 1 is 1.19 bits per heavy atom. The lowest BCUT2D eigenvalue weighted by atomic mass is 9.95. The van der Waals surface area contributed by atoms with Crippen LogP contribution >= 0.6 is 11.6 Å². The van der Waals surface area contributed by atoms with Gasteiger partial charge in [-0.15, -0.1) is 0 Å². The first kappa shape index (κ1) is 16.0. The molecule has 0 bridgehead atoms. The Hall–Kier alpha value is -1.38. The predicted molar refractivity (Wildman–Crippen MR) is 87.5 cm³/mol. The van der Waals surface area contributed by atoms with E-state index in [4.69, 9.17) is 11.6 Å². The molecule has 0 spiro atoms. The molecule has 0 amide bonds. The molecule has 0 radical (unpaired) electrons. The van der Waals surface area contributed by atoms with Crippen LogP contribution < -0.4 is 5.32 Å². The smallest absolute Gasteiger partial charge is 0.127 e. The van der Waals surface area contributed by atoms with Gasteiger partial charge in [-0.05, 0) is 55.6 Å². The molecule has 0 aliphatic heterocycles. The molecule has 0 aliphatic carbocycles. The Morgan fingerprint density at radius 3 is 2.62 bits per heavy atom. The van der Waals surface area contributed by atoms with Gasteiger partial charge in [-0.25, -0.2) is 4.39 Å². The van der Waals surface area contributed by atoms with Crippen molar-refractivity contribution in [3.05, 3.63) is 69.5 Å². The van der Waals surface area contributed by atoms with Gasteiger partial charge in [-0.1, -0.05) is 48.4 Å². The minimum Gasteiger partial charge on any atom is -0.306 e. The first-order valence-electron chi connectivity index (χ1n) is 7.28. The van der Waals surface area contributed by atoms with E-state index in [1.807, 2.05) is 12.1 Å². The van der Waals surface area contributed by atoms with E-state index in [2.05, 4.69) is 37.4 Å². The molecule has 1 atom stereocenters. The third-order valence-electron chi connectivity index (χ3n) is 3.56. The quantitative estimate of drug-likeness (QED) is 0.802. The molecule has 3 heteroatoms. The average molecular weight is 306 g/mol. The molecule has 21 heavy (non-hydrogen) atoms. The summed E-state index contributed by atoms with van der Waals surface area (Å²) in [6, 6.07) is 11.6. The van der Waals surface area contributed by atoms with Crippen LogP contribution in [0, 0.1) is 19.7 Å². The summed E-state index contributed by atoms with van der Waals surface area (Å²) in [7, 11) is 0. The van der Waals surface area contributed by atoms with E-state index in [-0.39, 0.29) is 11.9 Å². The number of rotatable bonds is 5. The Bertz CT molecular complexity index is 625. The van der Waals surface area contributed by atoms with E-state index < -0.39 is 0 Å². The van der Waals surface area contributed by atoms with Crippen molar-refractivity contribution in [2.45, 2.75) is 33.2 Å². The van der Waals surface area contributed by atoms with Crippen molar-refractivity contribution in [3.63, 3.8) is 0 Å². The fourth-order valence-electron chi connectivity index (χ4n) is 2.45. The monoisotopic (exact) mass is 305 g/mol. The third kappa shape index (κ3) is 3.84. The summed E-state index contributed by atoms with van der Waals surface area (Å²) in [4.78, 5) is 0. The van der Waals surface area contributed by atoms with Crippen LogP contribution in [0.15, 0.2) is 36.4 Å². The predicted octanol–water partition coefficient (Wildman–Crippen LogP) is 5.18. The van der Waals surface area contributed by atoms with Crippen molar-refractivity contribution in [2.24, 2.45) is 0 Å². The molecule has 1 unspecified atom stereocenters. The van der Waals surface area contributed by atoms with Gasteiger partial charge in [0.2, 0.25) is 0 Å². The highest BCUT2D eigenvalue weighted by molar-refractivity contribution is 6.31. The second-order valence-electron chi connectivity index (χ2n) is 5.42. The summed E-state index contributed by atoms with van der Waals surface area (Å²) in [6.45, 7) is 6.84. The fraction of sp³-hybridized carbons (Fsp3) is 0.333. The van der Waals surface area contributed by atoms with Crippen LogP contribution in [0.25, 0.3) is 0 Å². The van der Waals surface area contributed by atoms with E-state index in [9.17, 15) is 4.39 Å². The standard InChI is InChI=1S/C18H21ClFN/c1-4-8-21-18(14-7-5-6-12(2)9-14)15-10-13(3)17(20)11-16(15)19/h5-7,9-11,18,21H,4,8H2,1-3H3. The van der Waals surface area contributed by atoms with Crippen LogP contribution in [0.4, 0.5) is 4.39 Å². The number of nitrogens with one attached hydrogen (secondary N) is 1. The Kier molecular flexibility index (Phi) is 5.38. The van der Waals surface area contributed by atoms with Gasteiger partial charge in [-0.3, -0.25) is 0 Å². The van der Waals surface area contributed by atoms with Crippen molar-refractivity contribution in [2.75, 3.05) is 6.54 Å². The number of hydrogen-bond acceptors (Lipinski definition) is 1. The summed E-state index contributed by atoms with van der Waals surface area (Å²) in [5.41, 5.74) is 3.89. The lowest BCUT2D eigenvalue weighted by molar-refractivity contribution is 0.590. The summed E-state index contributed by atoms with van der Waals surface area (Å²) in [5.74, 6) is -0.262. The van der Waals surface area contributed by atoms with Gasteiger partial charge in [0.1, 0.15) is 5.82 Å². The minimum atomic E-state index is -0.262. The Balaban J connectivity index is 2.47. The van der Waals surface area contributed by atoms with Crippen molar-refractivity contribution in [1.82, 2.24) is 5.32 Å². The van der Waals surface area contributed by atoms with E-state index in [0.29, 0.717) is 10.6 Å². The zero-order valence-electron chi connectivity index (χ0n) is 12.7. The van der Waals surface area contributed by atoms with Crippen LogP contribution in [-0.2, 0) is 0 Å². The van der Waals surface area contributed by atoms with E-state index >= 15 is 0 Å². The molecule has 1 nitrogen and oxygen atoms in total. The van der Waals surface area contributed by atoms with Gasteiger partial charge in [0.25, 0.3) is 0 Å². The molecule has 0 fully saturated rings. The largest absolute Gasteiger partial charge is 0.306 e. The number of halogens is 2. The van der Waals surface area contributed by atoms with Gasteiger partial charge in [0, 0.05) is 5.02 Å². The summed E-state index contributed by atoms with van der Waals surface area (Å²) in [6.07, 6.45) is 1.03. The zero-order valence-corrected chi connectivity index (χ0v) is 13.5. The van der Waals surface area contributed by atoms with Gasteiger partial charge in [0.05, 0.1) is 6.04 Å². The molecular weight excluding hydrogens is 285 g/mol. The van der Waals surface area contributed by atoms with Crippen LogP contribution in [0.3, 0.4) is 0 Å². The van der Waals surface area contributed by atoms with Crippen molar-refractivity contribution in [1.29, 1.82) is 0 Å². The lowest BCUT2D eigenvalue weighted by Gasteiger charge is -2.22. The van der Waals surface area contributed by atoms with Gasteiger partial charge in [0.15, 0.2) is 0 Å². The zero-order chi connectivity index (χ0) is 15.4. The molecule has 0 saturated carbocycles. The maximum atomic E-state index is 13.6. The van der Waals surface area contributed by atoms with Gasteiger partial charge in [-0.2, -0.15) is 0 Å². The lowest BCUT2D eigenvalue weighted by Crippen LogP contribution is -2.23. The average Bonchev–Trinajstić information content (AvgIpc) is 2.44. The number of benzene rings is 2. The van der Waals surface area contributed by atoms with E-state index in [0.717, 1.165) is 24.1 Å². The van der Waals surface area contributed by atoms with E-state index in [1.165, 1.54) is 11.6 Å². The molecule has 0 heterocycles. The molecule has 0 aromatic heterocycles. The highest BCUT2D eigenvalue weighted by atomic mass is 35.5. The second-order valence-corrected chi connectivity index (χ2v) is 5.83. The molecule has 0 saturated heterocycles. The summed E-state index contributed by atoms with van der Waals surface area (Å²) >= 11 is 6.28. The molecule has 2 rings (SSSR count).